The Morgan fingerprint density at radius 3 is 2.75 bits per heavy atom. The van der Waals surface area contributed by atoms with E-state index in [1.54, 1.807) is 6.20 Å². The Balaban J connectivity index is 1.81. The lowest BCUT2D eigenvalue weighted by atomic mass is 10.1. The number of nitrogens with zero attached hydrogens (tertiary/aromatic N) is 3. The van der Waals surface area contributed by atoms with Gasteiger partial charge in [-0.05, 0) is 37.7 Å². The standard InChI is InChI=1S/C15H18FN3O/c1-19(11-13-4-2-3-8-17-13)9-7-15(20)14-6-5-12(16)10-18-14/h2-6,8,10,15,20H,7,9,11H2,1H3. The highest BCUT2D eigenvalue weighted by Crippen LogP contribution is 2.14. The molecule has 2 rings (SSSR count). The normalized spacial score (nSPS) is 12.6. The molecule has 0 saturated carbocycles. The van der Waals surface area contributed by atoms with Crippen LogP contribution < -0.4 is 0 Å². The molecular weight excluding hydrogens is 257 g/mol. The van der Waals surface area contributed by atoms with Gasteiger partial charge in [0, 0.05) is 19.3 Å². The summed E-state index contributed by atoms with van der Waals surface area (Å²) in [6, 6.07) is 8.62. The zero-order valence-electron chi connectivity index (χ0n) is 11.4. The maximum Gasteiger partial charge on any atom is 0.141 e. The predicted molar refractivity (Wildman–Crippen MR) is 74.3 cm³/mol. The second-order valence-electron chi connectivity index (χ2n) is 4.76. The molecule has 0 bridgehead atoms. The third kappa shape index (κ3) is 4.36. The summed E-state index contributed by atoms with van der Waals surface area (Å²) in [7, 11) is 1.97. The lowest BCUT2D eigenvalue weighted by molar-refractivity contribution is 0.143. The van der Waals surface area contributed by atoms with Crippen molar-refractivity contribution in [2.45, 2.75) is 19.1 Å². The van der Waals surface area contributed by atoms with Crippen LogP contribution in [-0.4, -0.2) is 33.6 Å². The molecule has 0 aromatic carbocycles. The number of aliphatic hydroxyl groups is 1. The Labute approximate surface area is 117 Å². The van der Waals surface area contributed by atoms with Crippen LogP contribution in [0.4, 0.5) is 4.39 Å². The number of halogens is 1. The van der Waals surface area contributed by atoms with Crippen molar-refractivity contribution < 1.29 is 9.50 Å². The summed E-state index contributed by atoms with van der Waals surface area (Å²) >= 11 is 0. The van der Waals surface area contributed by atoms with Crippen LogP contribution in [0.1, 0.15) is 23.9 Å². The van der Waals surface area contributed by atoms with E-state index in [9.17, 15) is 9.50 Å². The van der Waals surface area contributed by atoms with Crippen LogP contribution in [0.5, 0.6) is 0 Å². The number of aliphatic hydroxyl groups excluding tert-OH is 1. The number of rotatable bonds is 6. The molecule has 1 N–H and O–H groups in total. The van der Waals surface area contributed by atoms with Gasteiger partial charge in [0.15, 0.2) is 0 Å². The van der Waals surface area contributed by atoms with E-state index in [0.29, 0.717) is 18.7 Å². The topological polar surface area (TPSA) is 49.2 Å². The summed E-state index contributed by atoms with van der Waals surface area (Å²) in [5.41, 5.74) is 1.49. The van der Waals surface area contributed by atoms with E-state index < -0.39 is 11.9 Å². The molecule has 0 fully saturated rings. The van der Waals surface area contributed by atoms with Gasteiger partial charge in [-0.25, -0.2) is 4.39 Å². The minimum absolute atomic E-state index is 0.395. The number of hydrogen-bond acceptors (Lipinski definition) is 4. The van der Waals surface area contributed by atoms with Gasteiger partial charge in [-0.1, -0.05) is 6.07 Å². The average Bonchev–Trinajstić information content (AvgIpc) is 2.46. The summed E-state index contributed by atoms with van der Waals surface area (Å²) in [4.78, 5) is 10.2. The molecule has 0 aliphatic rings. The van der Waals surface area contributed by atoms with Crippen LogP contribution in [0.15, 0.2) is 42.7 Å². The lowest BCUT2D eigenvalue weighted by Gasteiger charge is -2.18. The number of hydrogen-bond donors (Lipinski definition) is 1. The van der Waals surface area contributed by atoms with E-state index in [1.165, 1.54) is 12.1 Å². The van der Waals surface area contributed by atoms with E-state index >= 15 is 0 Å². The molecule has 4 nitrogen and oxygen atoms in total. The molecule has 0 aliphatic carbocycles. The highest BCUT2D eigenvalue weighted by atomic mass is 19.1. The maximum absolute atomic E-state index is 12.7. The van der Waals surface area contributed by atoms with Gasteiger partial charge in [0.1, 0.15) is 5.82 Å². The van der Waals surface area contributed by atoms with E-state index in [0.717, 1.165) is 18.4 Å². The van der Waals surface area contributed by atoms with E-state index in [1.807, 2.05) is 25.2 Å². The van der Waals surface area contributed by atoms with Crippen molar-refractivity contribution in [1.29, 1.82) is 0 Å². The SMILES string of the molecule is CN(CCC(O)c1ccc(F)cn1)Cc1ccccn1. The van der Waals surface area contributed by atoms with Crippen LogP contribution in [0.3, 0.4) is 0 Å². The molecule has 106 valence electrons. The molecule has 0 amide bonds. The van der Waals surface area contributed by atoms with Crippen LogP contribution in [0, 0.1) is 5.82 Å². The summed E-state index contributed by atoms with van der Waals surface area (Å²) < 4.78 is 12.7. The van der Waals surface area contributed by atoms with Gasteiger partial charge < -0.3 is 10.0 Å². The third-order valence-electron chi connectivity index (χ3n) is 3.03. The summed E-state index contributed by atoms with van der Waals surface area (Å²) in [5, 5.41) is 10.00. The minimum atomic E-state index is -0.679. The minimum Gasteiger partial charge on any atom is -0.387 e. The van der Waals surface area contributed by atoms with Crippen molar-refractivity contribution >= 4 is 0 Å². The Kier molecular flexibility index (Phi) is 5.15. The highest BCUT2D eigenvalue weighted by molar-refractivity contribution is 5.08. The quantitative estimate of drug-likeness (QED) is 0.878. The van der Waals surface area contributed by atoms with E-state index in [-0.39, 0.29) is 0 Å². The first-order valence-corrected chi connectivity index (χ1v) is 6.53. The summed E-state index contributed by atoms with van der Waals surface area (Å²) in [6.07, 6.45) is 2.75. The van der Waals surface area contributed by atoms with Crippen molar-refractivity contribution in [2.75, 3.05) is 13.6 Å². The van der Waals surface area contributed by atoms with Crippen molar-refractivity contribution in [2.24, 2.45) is 0 Å². The smallest absolute Gasteiger partial charge is 0.141 e. The zero-order chi connectivity index (χ0) is 14.4. The Bertz CT molecular complexity index is 518. The first-order valence-electron chi connectivity index (χ1n) is 6.53. The van der Waals surface area contributed by atoms with Gasteiger partial charge in [0.05, 0.1) is 23.7 Å². The van der Waals surface area contributed by atoms with E-state index in [4.69, 9.17) is 0 Å². The van der Waals surface area contributed by atoms with Crippen molar-refractivity contribution in [3.63, 3.8) is 0 Å². The van der Waals surface area contributed by atoms with E-state index in [2.05, 4.69) is 14.9 Å². The average molecular weight is 275 g/mol. The first kappa shape index (κ1) is 14.6. The molecule has 20 heavy (non-hydrogen) atoms. The van der Waals surface area contributed by atoms with Gasteiger partial charge in [-0.2, -0.15) is 0 Å². The molecule has 0 aliphatic heterocycles. The van der Waals surface area contributed by atoms with Crippen molar-refractivity contribution in [1.82, 2.24) is 14.9 Å². The third-order valence-corrected chi connectivity index (χ3v) is 3.03. The first-order chi connectivity index (χ1) is 9.65. The fourth-order valence-corrected chi connectivity index (χ4v) is 1.92. The van der Waals surface area contributed by atoms with Crippen molar-refractivity contribution in [3.8, 4) is 0 Å². The number of pyridine rings is 2. The fourth-order valence-electron chi connectivity index (χ4n) is 1.92. The molecule has 1 atom stereocenters. The Hall–Kier alpha value is -1.85. The molecule has 2 aromatic rings. The van der Waals surface area contributed by atoms with Crippen LogP contribution >= 0.6 is 0 Å². The zero-order valence-corrected chi connectivity index (χ0v) is 11.4. The van der Waals surface area contributed by atoms with Crippen LogP contribution in [0.25, 0.3) is 0 Å². The largest absolute Gasteiger partial charge is 0.387 e. The summed E-state index contributed by atoms with van der Waals surface area (Å²) in [5.74, 6) is -0.395. The molecule has 0 saturated heterocycles. The lowest BCUT2D eigenvalue weighted by Crippen LogP contribution is -2.21. The van der Waals surface area contributed by atoms with Gasteiger partial charge in [-0.15, -0.1) is 0 Å². The Morgan fingerprint density at radius 1 is 1.25 bits per heavy atom. The van der Waals surface area contributed by atoms with Crippen molar-refractivity contribution in [3.05, 3.63) is 59.9 Å². The Morgan fingerprint density at radius 2 is 2.10 bits per heavy atom. The second kappa shape index (κ2) is 7.07. The predicted octanol–water partition coefficient (Wildman–Crippen LogP) is 2.17. The molecule has 0 spiro atoms. The maximum atomic E-state index is 12.7. The summed E-state index contributed by atoms with van der Waals surface area (Å²) in [6.45, 7) is 1.43. The second-order valence-corrected chi connectivity index (χ2v) is 4.76. The van der Waals surface area contributed by atoms with Crippen LogP contribution in [0.2, 0.25) is 0 Å². The monoisotopic (exact) mass is 275 g/mol. The molecule has 1 unspecified atom stereocenters. The van der Waals surface area contributed by atoms with Gasteiger partial charge in [0.2, 0.25) is 0 Å². The van der Waals surface area contributed by atoms with Gasteiger partial charge in [-0.3, -0.25) is 9.97 Å². The molecule has 0 radical (unpaired) electrons. The van der Waals surface area contributed by atoms with Crippen LogP contribution in [-0.2, 0) is 6.54 Å². The van der Waals surface area contributed by atoms with Gasteiger partial charge >= 0.3 is 0 Å². The molecule has 5 heteroatoms. The molecule has 2 aromatic heterocycles. The highest BCUT2D eigenvalue weighted by Gasteiger charge is 2.10. The van der Waals surface area contributed by atoms with Gasteiger partial charge in [0.25, 0.3) is 0 Å². The molecule has 2 heterocycles. The number of aromatic nitrogens is 2. The fraction of sp³-hybridized carbons (Fsp3) is 0.333. The molecular formula is C15H18FN3O.